The van der Waals surface area contributed by atoms with Gasteiger partial charge in [0.05, 0.1) is 11.6 Å². The molecule has 1 aliphatic carbocycles. The smallest absolute Gasteiger partial charge is 0.405 e. The normalized spacial score (nSPS) is 21.7. The molecule has 2 atom stereocenters. The molecule has 1 saturated carbocycles. The molecule has 0 aromatic rings. The predicted molar refractivity (Wildman–Crippen MR) is 68.2 cm³/mol. The van der Waals surface area contributed by atoms with Crippen molar-refractivity contribution in [3.63, 3.8) is 0 Å². The van der Waals surface area contributed by atoms with Gasteiger partial charge in [-0.2, -0.15) is 0 Å². The van der Waals surface area contributed by atoms with Crippen molar-refractivity contribution in [2.75, 3.05) is 0 Å². The molecule has 0 aliphatic heterocycles. The summed E-state index contributed by atoms with van der Waals surface area (Å²) in [6, 6.07) is -0.0707. The van der Waals surface area contributed by atoms with Gasteiger partial charge in [-0.05, 0) is 40.0 Å². The molecule has 5 nitrogen and oxygen atoms in total. The van der Waals surface area contributed by atoms with E-state index in [0.29, 0.717) is 0 Å². The maximum absolute atomic E-state index is 12.0. The molecule has 100 valence electrons. The molecule has 1 unspecified atom stereocenters. The van der Waals surface area contributed by atoms with Crippen LogP contribution >= 0.6 is 0 Å². The third kappa shape index (κ3) is 3.76. The molecule has 1 aliphatic rings. The van der Waals surface area contributed by atoms with Crippen molar-refractivity contribution in [2.45, 2.75) is 63.3 Å². The highest BCUT2D eigenvalue weighted by Gasteiger charge is 2.52. The number of carbonyl (C=O) groups is 1. The Bertz CT molecular complexity index is 287. The van der Waals surface area contributed by atoms with E-state index in [1.807, 2.05) is 27.7 Å². The Hall–Kier alpha value is -0.460. The fourth-order valence-electron chi connectivity index (χ4n) is 1.80. The Kier molecular flexibility index (Phi) is 4.33. The molecule has 0 spiro atoms. The Morgan fingerprint density at radius 1 is 1.53 bits per heavy atom. The van der Waals surface area contributed by atoms with E-state index in [-0.39, 0.29) is 10.8 Å². The van der Waals surface area contributed by atoms with Crippen LogP contribution in [0.25, 0.3) is 0 Å². The summed E-state index contributed by atoms with van der Waals surface area (Å²) in [5.41, 5.74) is -0.415. The summed E-state index contributed by atoms with van der Waals surface area (Å²) in [5.74, 6) is 0. The van der Waals surface area contributed by atoms with Crippen LogP contribution in [0.2, 0.25) is 0 Å². The lowest BCUT2D eigenvalue weighted by Gasteiger charge is -2.31. The summed E-state index contributed by atoms with van der Waals surface area (Å²) < 4.78 is 14.7. The summed E-state index contributed by atoms with van der Waals surface area (Å²) in [6.07, 6.45) is 1.37. The third-order valence-corrected chi connectivity index (χ3v) is 4.64. The highest BCUT2D eigenvalue weighted by atomic mass is 32.2. The Balaban J connectivity index is 2.63. The highest BCUT2D eigenvalue weighted by Crippen LogP contribution is 2.40. The van der Waals surface area contributed by atoms with Crippen molar-refractivity contribution in [2.24, 2.45) is 0 Å². The van der Waals surface area contributed by atoms with E-state index in [1.54, 1.807) is 0 Å². The second-order valence-corrected chi connectivity index (χ2v) is 7.54. The SMILES string of the molecule is CC[C@H](N[S+]([O-])C(C)(C)C)C1(NC(=O)O)CC1. The number of hydrogen-bond acceptors (Lipinski definition) is 3. The van der Waals surface area contributed by atoms with Gasteiger partial charge < -0.3 is 15.0 Å². The monoisotopic (exact) mass is 262 g/mol. The lowest BCUT2D eigenvalue weighted by Crippen LogP contribution is -2.55. The minimum Gasteiger partial charge on any atom is -0.598 e. The molecule has 1 fully saturated rings. The summed E-state index contributed by atoms with van der Waals surface area (Å²) in [5, 5.41) is 11.4. The number of amides is 1. The molecule has 0 aromatic carbocycles. The fourth-order valence-corrected chi connectivity index (χ4v) is 2.81. The lowest BCUT2D eigenvalue weighted by atomic mass is 10.1. The molecular weight excluding hydrogens is 240 g/mol. The van der Waals surface area contributed by atoms with Gasteiger partial charge in [0.1, 0.15) is 4.75 Å². The van der Waals surface area contributed by atoms with Gasteiger partial charge in [-0.25, -0.2) is 4.79 Å². The Morgan fingerprint density at radius 3 is 2.35 bits per heavy atom. The van der Waals surface area contributed by atoms with E-state index in [1.165, 1.54) is 0 Å². The van der Waals surface area contributed by atoms with E-state index in [4.69, 9.17) is 5.11 Å². The molecule has 3 N–H and O–H groups in total. The van der Waals surface area contributed by atoms with Gasteiger partial charge in [0, 0.05) is 11.4 Å². The molecule has 0 radical (unpaired) electrons. The molecule has 0 aromatic heterocycles. The minimum absolute atomic E-state index is 0.0707. The van der Waals surface area contributed by atoms with Crippen LogP contribution in [-0.4, -0.2) is 32.1 Å². The number of hydrogen-bond donors (Lipinski definition) is 3. The average Bonchev–Trinajstić information content (AvgIpc) is 2.91. The molecule has 0 bridgehead atoms. The van der Waals surface area contributed by atoms with Gasteiger partial charge in [-0.15, -0.1) is 4.72 Å². The average molecular weight is 262 g/mol. The summed E-state index contributed by atoms with van der Waals surface area (Å²) in [4.78, 5) is 10.7. The Morgan fingerprint density at radius 2 is 2.06 bits per heavy atom. The second kappa shape index (κ2) is 5.04. The van der Waals surface area contributed by atoms with E-state index >= 15 is 0 Å². The van der Waals surface area contributed by atoms with Gasteiger partial charge >= 0.3 is 6.09 Å². The zero-order chi connectivity index (χ0) is 13.3. The first-order chi connectivity index (χ1) is 7.71. The number of nitrogens with one attached hydrogen (secondary N) is 2. The van der Waals surface area contributed by atoms with Crippen molar-refractivity contribution in [1.82, 2.24) is 10.0 Å². The number of carboxylic acid groups (broad SMARTS) is 1. The quantitative estimate of drug-likeness (QED) is 0.657. The van der Waals surface area contributed by atoms with Crippen molar-refractivity contribution in [1.29, 1.82) is 0 Å². The van der Waals surface area contributed by atoms with Crippen LogP contribution < -0.4 is 10.0 Å². The predicted octanol–water partition coefficient (Wildman–Crippen LogP) is 1.62. The zero-order valence-corrected chi connectivity index (χ0v) is 11.7. The van der Waals surface area contributed by atoms with Crippen molar-refractivity contribution >= 4 is 17.5 Å². The Labute approximate surface area is 106 Å². The van der Waals surface area contributed by atoms with Crippen LogP contribution in [0.15, 0.2) is 0 Å². The summed E-state index contributed by atoms with van der Waals surface area (Å²) in [6.45, 7) is 7.66. The van der Waals surface area contributed by atoms with Crippen LogP contribution in [0.1, 0.15) is 47.0 Å². The third-order valence-electron chi connectivity index (χ3n) is 3.03. The maximum Gasteiger partial charge on any atom is 0.405 e. The van der Waals surface area contributed by atoms with E-state index in [0.717, 1.165) is 19.3 Å². The summed E-state index contributed by atoms with van der Waals surface area (Å²) in [7, 11) is 0. The van der Waals surface area contributed by atoms with Gasteiger partial charge in [-0.3, -0.25) is 0 Å². The van der Waals surface area contributed by atoms with Crippen LogP contribution in [0.4, 0.5) is 4.79 Å². The zero-order valence-electron chi connectivity index (χ0n) is 10.9. The maximum atomic E-state index is 12.0. The molecule has 0 saturated heterocycles. The first-order valence-electron chi connectivity index (χ1n) is 5.90. The minimum atomic E-state index is -1.17. The standard InChI is InChI=1S/C11H22N2O3S/c1-5-8(13-17(16)10(2,3)4)11(6-7-11)12-9(14)15/h8,12-13H,5-7H2,1-4H3,(H,14,15)/t8-,17?/m0/s1. The van der Waals surface area contributed by atoms with E-state index in [9.17, 15) is 9.35 Å². The van der Waals surface area contributed by atoms with Crippen molar-refractivity contribution < 1.29 is 14.5 Å². The lowest BCUT2D eigenvalue weighted by molar-refractivity contribution is 0.184. The molecule has 6 heteroatoms. The summed E-state index contributed by atoms with van der Waals surface area (Å²) >= 11 is -1.17. The van der Waals surface area contributed by atoms with Gasteiger partial charge in [0.15, 0.2) is 0 Å². The molecule has 0 heterocycles. The van der Waals surface area contributed by atoms with Crippen LogP contribution in [0.5, 0.6) is 0 Å². The van der Waals surface area contributed by atoms with E-state index < -0.39 is 23.0 Å². The van der Waals surface area contributed by atoms with Crippen LogP contribution in [0.3, 0.4) is 0 Å². The molecule has 1 rings (SSSR count). The van der Waals surface area contributed by atoms with Gasteiger partial charge in [-0.1, -0.05) is 6.92 Å². The second-order valence-electron chi connectivity index (χ2n) is 5.55. The number of rotatable bonds is 5. The molecule has 1 amide bonds. The van der Waals surface area contributed by atoms with E-state index in [2.05, 4.69) is 10.0 Å². The highest BCUT2D eigenvalue weighted by molar-refractivity contribution is 7.90. The fraction of sp³-hybridized carbons (Fsp3) is 0.909. The first-order valence-corrected chi connectivity index (χ1v) is 7.05. The van der Waals surface area contributed by atoms with Crippen LogP contribution in [0, 0.1) is 0 Å². The van der Waals surface area contributed by atoms with Gasteiger partial charge in [0.25, 0.3) is 0 Å². The molecule has 17 heavy (non-hydrogen) atoms. The topological polar surface area (TPSA) is 84.4 Å². The van der Waals surface area contributed by atoms with Crippen molar-refractivity contribution in [3.8, 4) is 0 Å². The van der Waals surface area contributed by atoms with Gasteiger partial charge in [0.2, 0.25) is 0 Å². The first kappa shape index (κ1) is 14.6. The molecular formula is C11H22N2O3S. The largest absolute Gasteiger partial charge is 0.598 e. The van der Waals surface area contributed by atoms with Crippen LogP contribution in [-0.2, 0) is 11.4 Å². The van der Waals surface area contributed by atoms with Crippen molar-refractivity contribution in [3.05, 3.63) is 0 Å².